The fourth-order valence-electron chi connectivity index (χ4n) is 1.59. The molecule has 0 atom stereocenters. The molecule has 1 rings (SSSR count). The van der Waals surface area contributed by atoms with Gasteiger partial charge in [-0.2, -0.15) is 0 Å². The van der Waals surface area contributed by atoms with Crippen LogP contribution in [-0.2, 0) is 10.0 Å². The highest BCUT2D eigenvalue weighted by atomic mass is 79.9. The van der Waals surface area contributed by atoms with Crippen LogP contribution in [0.25, 0.3) is 0 Å². The Kier molecular flexibility index (Phi) is 9.84. The lowest BCUT2D eigenvalue weighted by Gasteiger charge is -2.13. The van der Waals surface area contributed by atoms with Crippen LogP contribution in [0.2, 0.25) is 5.02 Å². The topological polar surface area (TPSA) is 67.4 Å². The van der Waals surface area contributed by atoms with Crippen molar-refractivity contribution in [2.75, 3.05) is 26.7 Å². The van der Waals surface area contributed by atoms with Gasteiger partial charge in [0, 0.05) is 18.1 Å². The molecule has 1 aromatic rings. The molecule has 0 radical (unpaired) electrons. The zero-order chi connectivity index (χ0) is 15.2. The van der Waals surface area contributed by atoms with Gasteiger partial charge in [-0.15, -0.1) is 12.4 Å². The molecule has 0 aliphatic heterocycles. The van der Waals surface area contributed by atoms with Crippen molar-refractivity contribution in [2.24, 2.45) is 0 Å². The van der Waals surface area contributed by atoms with Crippen molar-refractivity contribution in [3.05, 3.63) is 21.6 Å². The van der Waals surface area contributed by atoms with Gasteiger partial charge >= 0.3 is 0 Å². The molecule has 9 heteroatoms. The van der Waals surface area contributed by atoms with Gasteiger partial charge in [0.1, 0.15) is 4.90 Å². The minimum Gasteiger partial charge on any atom is -0.494 e. The monoisotopic (exact) mass is 420 g/mol. The largest absolute Gasteiger partial charge is 0.494 e. The molecular weight excluding hydrogens is 403 g/mol. The molecule has 0 aliphatic carbocycles. The maximum Gasteiger partial charge on any atom is 0.244 e. The molecule has 1 aromatic carbocycles. The molecule has 122 valence electrons. The van der Waals surface area contributed by atoms with Crippen LogP contribution in [-0.4, -0.2) is 35.2 Å². The molecule has 0 amide bonds. The average Bonchev–Trinajstić information content (AvgIpc) is 2.37. The third kappa shape index (κ3) is 6.30. The third-order valence-electron chi connectivity index (χ3n) is 2.49. The number of rotatable bonds is 8. The normalized spacial score (nSPS) is 11.0. The summed E-state index contributed by atoms with van der Waals surface area (Å²) in [5, 5.41) is 3.44. The van der Waals surface area contributed by atoms with Crippen LogP contribution in [0.1, 0.15) is 13.3 Å². The fourth-order valence-corrected chi connectivity index (χ4v) is 4.00. The van der Waals surface area contributed by atoms with Crippen molar-refractivity contribution < 1.29 is 13.2 Å². The predicted octanol–water partition coefficient (Wildman–Crippen LogP) is 2.81. The van der Waals surface area contributed by atoms with E-state index < -0.39 is 10.0 Å². The summed E-state index contributed by atoms with van der Waals surface area (Å²) in [7, 11) is -2.25. The number of ether oxygens (including phenoxy) is 1. The summed E-state index contributed by atoms with van der Waals surface area (Å²) >= 11 is 9.14. The molecule has 0 aliphatic rings. The SMILES string of the molecule is CCCNCCNS(=O)(=O)c1cc(Cl)cc(Br)c1OC.Cl. The zero-order valence-corrected chi connectivity index (χ0v) is 15.8. The molecule has 5 nitrogen and oxygen atoms in total. The van der Waals surface area contributed by atoms with Crippen LogP contribution < -0.4 is 14.8 Å². The van der Waals surface area contributed by atoms with Crippen LogP contribution >= 0.6 is 39.9 Å². The summed E-state index contributed by atoms with van der Waals surface area (Å²) in [6.45, 7) is 3.77. The first-order valence-electron chi connectivity index (χ1n) is 6.15. The average molecular weight is 422 g/mol. The van der Waals surface area contributed by atoms with E-state index in [0.717, 1.165) is 13.0 Å². The van der Waals surface area contributed by atoms with E-state index in [-0.39, 0.29) is 23.1 Å². The van der Waals surface area contributed by atoms with Crippen LogP contribution in [0.4, 0.5) is 0 Å². The molecule has 0 fully saturated rings. The number of hydrogen-bond donors (Lipinski definition) is 2. The van der Waals surface area contributed by atoms with Crippen LogP contribution in [0.5, 0.6) is 5.75 Å². The number of benzene rings is 1. The molecule has 0 unspecified atom stereocenters. The Balaban J connectivity index is 0.00000400. The Bertz CT molecular complexity index is 556. The first-order chi connectivity index (χ1) is 9.42. The second-order valence-corrected chi connectivity index (χ2v) is 7.09. The van der Waals surface area contributed by atoms with E-state index in [9.17, 15) is 8.42 Å². The summed E-state index contributed by atoms with van der Waals surface area (Å²) < 4.78 is 32.6. The van der Waals surface area contributed by atoms with E-state index in [0.29, 0.717) is 22.6 Å². The van der Waals surface area contributed by atoms with Gasteiger partial charge < -0.3 is 10.1 Å². The lowest BCUT2D eigenvalue weighted by atomic mass is 10.3. The number of halogens is 3. The predicted molar refractivity (Wildman–Crippen MR) is 91.3 cm³/mol. The molecular formula is C12H19BrCl2N2O3S. The summed E-state index contributed by atoms with van der Waals surface area (Å²) in [5.41, 5.74) is 0. The van der Waals surface area contributed by atoms with E-state index in [1.165, 1.54) is 13.2 Å². The molecule has 0 heterocycles. The second-order valence-electron chi connectivity index (χ2n) is 4.07. The van der Waals surface area contributed by atoms with Gasteiger partial charge in [-0.05, 0) is 41.0 Å². The van der Waals surface area contributed by atoms with Gasteiger partial charge in [-0.3, -0.25) is 0 Å². The molecule has 0 saturated heterocycles. The highest BCUT2D eigenvalue weighted by Crippen LogP contribution is 2.35. The lowest BCUT2D eigenvalue weighted by molar-refractivity contribution is 0.399. The van der Waals surface area contributed by atoms with Crippen LogP contribution in [0, 0.1) is 0 Å². The Labute approximate surface area is 145 Å². The van der Waals surface area contributed by atoms with E-state index in [4.69, 9.17) is 16.3 Å². The van der Waals surface area contributed by atoms with Gasteiger partial charge in [0.15, 0.2) is 5.75 Å². The summed E-state index contributed by atoms with van der Waals surface area (Å²) in [6, 6.07) is 2.95. The Morgan fingerprint density at radius 2 is 1.95 bits per heavy atom. The molecule has 0 bridgehead atoms. The molecule has 2 N–H and O–H groups in total. The van der Waals surface area contributed by atoms with E-state index in [2.05, 4.69) is 26.0 Å². The highest BCUT2D eigenvalue weighted by molar-refractivity contribution is 9.10. The van der Waals surface area contributed by atoms with Gasteiger partial charge in [0.25, 0.3) is 0 Å². The standard InChI is InChI=1S/C12H18BrClN2O3S.ClH/c1-3-4-15-5-6-16-20(17,18)11-8-9(14)7-10(13)12(11)19-2;/h7-8,15-16H,3-6H2,1-2H3;1H. The Morgan fingerprint density at radius 3 is 2.52 bits per heavy atom. The zero-order valence-electron chi connectivity index (χ0n) is 11.8. The highest BCUT2D eigenvalue weighted by Gasteiger charge is 2.21. The second kappa shape index (κ2) is 9.86. The van der Waals surface area contributed by atoms with Crippen molar-refractivity contribution >= 4 is 50.0 Å². The van der Waals surface area contributed by atoms with Crippen molar-refractivity contribution in [1.29, 1.82) is 0 Å². The number of sulfonamides is 1. The van der Waals surface area contributed by atoms with Gasteiger partial charge in [0.2, 0.25) is 10.0 Å². The van der Waals surface area contributed by atoms with E-state index >= 15 is 0 Å². The lowest BCUT2D eigenvalue weighted by Crippen LogP contribution is -2.32. The van der Waals surface area contributed by atoms with E-state index in [1.807, 2.05) is 6.92 Å². The van der Waals surface area contributed by atoms with Crippen molar-refractivity contribution in [2.45, 2.75) is 18.2 Å². The minimum absolute atomic E-state index is 0. The van der Waals surface area contributed by atoms with Gasteiger partial charge in [-0.25, -0.2) is 13.1 Å². The van der Waals surface area contributed by atoms with Crippen LogP contribution in [0.15, 0.2) is 21.5 Å². The van der Waals surface area contributed by atoms with E-state index in [1.54, 1.807) is 6.07 Å². The Hall–Kier alpha value is -0.0500. The number of hydrogen-bond acceptors (Lipinski definition) is 4. The fraction of sp³-hybridized carbons (Fsp3) is 0.500. The molecule has 0 spiro atoms. The first kappa shape index (κ1) is 20.9. The van der Waals surface area contributed by atoms with Crippen LogP contribution in [0.3, 0.4) is 0 Å². The minimum atomic E-state index is -3.66. The smallest absolute Gasteiger partial charge is 0.244 e. The molecule has 0 saturated carbocycles. The summed E-state index contributed by atoms with van der Waals surface area (Å²) in [6.07, 6.45) is 1.00. The maximum atomic E-state index is 12.3. The number of methoxy groups -OCH3 is 1. The molecule has 0 aromatic heterocycles. The first-order valence-corrected chi connectivity index (χ1v) is 8.81. The Morgan fingerprint density at radius 1 is 1.29 bits per heavy atom. The van der Waals surface area contributed by atoms with Crippen molar-refractivity contribution in [1.82, 2.24) is 10.0 Å². The van der Waals surface area contributed by atoms with Gasteiger partial charge in [-0.1, -0.05) is 18.5 Å². The number of nitrogens with one attached hydrogen (secondary N) is 2. The summed E-state index contributed by atoms with van der Waals surface area (Å²) in [4.78, 5) is 0.0230. The summed E-state index contributed by atoms with van der Waals surface area (Å²) in [5.74, 6) is 0.239. The quantitative estimate of drug-likeness (QED) is 0.633. The molecule has 21 heavy (non-hydrogen) atoms. The van der Waals surface area contributed by atoms with Gasteiger partial charge in [0.05, 0.1) is 11.6 Å². The third-order valence-corrected chi connectivity index (χ3v) is 4.76. The van der Waals surface area contributed by atoms with Crippen molar-refractivity contribution in [3.8, 4) is 5.75 Å². The maximum absolute atomic E-state index is 12.3. The van der Waals surface area contributed by atoms with Crippen molar-refractivity contribution in [3.63, 3.8) is 0 Å².